The van der Waals surface area contributed by atoms with E-state index in [9.17, 15) is 4.79 Å². The first-order valence-corrected chi connectivity index (χ1v) is 7.79. The zero-order chi connectivity index (χ0) is 16.4. The Bertz CT molecular complexity index is 879. The number of aromatic nitrogens is 2. The Morgan fingerprint density at radius 3 is 2.43 bits per heavy atom. The van der Waals surface area contributed by atoms with Gasteiger partial charge >= 0.3 is 0 Å². The summed E-state index contributed by atoms with van der Waals surface area (Å²) in [4.78, 5) is 19.8. The standard InChI is InChI=1S/C19H21N3O/c1-14-8-10-15(11-9-14)22-18(12-13-21(2)3)20-17-7-5-4-6-16(17)19(22)23/h4-11H,12-13H2,1-3H3. The highest BCUT2D eigenvalue weighted by Crippen LogP contribution is 2.14. The molecule has 3 rings (SSSR count). The molecule has 3 aromatic rings. The van der Waals surface area contributed by atoms with Crippen molar-refractivity contribution in [3.8, 4) is 5.69 Å². The van der Waals surface area contributed by atoms with Gasteiger partial charge in [-0.05, 0) is 45.3 Å². The van der Waals surface area contributed by atoms with E-state index >= 15 is 0 Å². The maximum absolute atomic E-state index is 13.0. The molecule has 0 saturated carbocycles. The highest BCUT2D eigenvalue weighted by atomic mass is 16.1. The SMILES string of the molecule is Cc1ccc(-n2c(CCN(C)C)nc3ccccc3c2=O)cc1. The third-order valence-electron chi connectivity index (χ3n) is 3.92. The fraction of sp³-hybridized carbons (Fsp3) is 0.263. The first-order chi connectivity index (χ1) is 11.1. The summed E-state index contributed by atoms with van der Waals surface area (Å²) in [6, 6.07) is 15.5. The van der Waals surface area contributed by atoms with Crippen molar-refractivity contribution in [3.05, 3.63) is 70.3 Å². The summed E-state index contributed by atoms with van der Waals surface area (Å²) in [7, 11) is 4.05. The van der Waals surface area contributed by atoms with Gasteiger partial charge in [-0.3, -0.25) is 9.36 Å². The van der Waals surface area contributed by atoms with E-state index < -0.39 is 0 Å². The quantitative estimate of drug-likeness (QED) is 0.744. The van der Waals surface area contributed by atoms with E-state index in [0.717, 1.165) is 30.0 Å². The average molecular weight is 307 g/mol. The normalized spacial score (nSPS) is 11.3. The zero-order valence-corrected chi connectivity index (χ0v) is 13.8. The molecule has 23 heavy (non-hydrogen) atoms. The van der Waals surface area contributed by atoms with Gasteiger partial charge in [-0.2, -0.15) is 0 Å². The minimum absolute atomic E-state index is 0.00629. The molecule has 4 heteroatoms. The summed E-state index contributed by atoms with van der Waals surface area (Å²) >= 11 is 0. The Kier molecular flexibility index (Phi) is 4.26. The van der Waals surface area contributed by atoms with E-state index in [0.29, 0.717) is 5.39 Å². The summed E-state index contributed by atoms with van der Waals surface area (Å²) in [5.74, 6) is 0.797. The van der Waals surface area contributed by atoms with Crippen LogP contribution in [0.2, 0.25) is 0 Å². The minimum Gasteiger partial charge on any atom is -0.309 e. The van der Waals surface area contributed by atoms with Crippen LogP contribution in [0.15, 0.2) is 53.3 Å². The van der Waals surface area contributed by atoms with Crippen molar-refractivity contribution < 1.29 is 0 Å². The van der Waals surface area contributed by atoms with Crippen LogP contribution in [0.1, 0.15) is 11.4 Å². The van der Waals surface area contributed by atoms with Gasteiger partial charge in [0.05, 0.1) is 16.6 Å². The number of hydrogen-bond donors (Lipinski definition) is 0. The molecule has 0 spiro atoms. The summed E-state index contributed by atoms with van der Waals surface area (Å²) < 4.78 is 1.74. The molecular weight excluding hydrogens is 286 g/mol. The molecule has 0 saturated heterocycles. The fourth-order valence-corrected chi connectivity index (χ4v) is 2.63. The first-order valence-electron chi connectivity index (χ1n) is 7.79. The molecule has 0 fully saturated rings. The molecule has 0 unspecified atom stereocenters. The number of hydrogen-bond acceptors (Lipinski definition) is 3. The van der Waals surface area contributed by atoms with E-state index in [-0.39, 0.29) is 5.56 Å². The first kappa shape index (κ1) is 15.4. The van der Waals surface area contributed by atoms with Gasteiger partial charge in [0, 0.05) is 13.0 Å². The number of aryl methyl sites for hydroxylation is 1. The summed E-state index contributed by atoms with van der Waals surface area (Å²) in [5.41, 5.74) is 2.79. The van der Waals surface area contributed by atoms with Crippen LogP contribution in [0.25, 0.3) is 16.6 Å². The second-order valence-electron chi connectivity index (χ2n) is 6.07. The van der Waals surface area contributed by atoms with Crippen molar-refractivity contribution >= 4 is 10.9 Å². The molecule has 118 valence electrons. The third kappa shape index (κ3) is 3.17. The third-order valence-corrected chi connectivity index (χ3v) is 3.92. The Labute approximate surface area is 136 Å². The molecular formula is C19H21N3O. The van der Waals surface area contributed by atoms with Crippen LogP contribution >= 0.6 is 0 Å². The lowest BCUT2D eigenvalue weighted by molar-refractivity contribution is 0.408. The van der Waals surface area contributed by atoms with Gasteiger partial charge in [0.1, 0.15) is 5.82 Å². The van der Waals surface area contributed by atoms with Gasteiger partial charge in [-0.15, -0.1) is 0 Å². The molecule has 0 atom stereocenters. The van der Waals surface area contributed by atoms with Crippen LogP contribution in [-0.4, -0.2) is 35.1 Å². The Morgan fingerprint density at radius 2 is 1.74 bits per heavy atom. The number of rotatable bonds is 4. The average Bonchev–Trinajstić information content (AvgIpc) is 2.54. The molecule has 2 aromatic carbocycles. The highest BCUT2D eigenvalue weighted by Gasteiger charge is 2.12. The molecule has 0 radical (unpaired) electrons. The second-order valence-corrected chi connectivity index (χ2v) is 6.07. The van der Waals surface area contributed by atoms with Crippen molar-refractivity contribution in [3.63, 3.8) is 0 Å². The zero-order valence-electron chi connectivity index (χ0n) is 13.8. The second kappa shape index (κ2) is 6.34. The molecule has 0 aliphatic rings. The molecule has 0 bridgehead atoms. The van der Waals surface area contributed by atoms with Gasteiger partial charge in [0.25, 0.3) is 5.56 Å². The van der Waals surface area contributed by atoms with Gasteiger partial charge in [-0.25, -0.2) is 4.98 Å². The van der Waals surface area contributed by atoms with Crippen molar-refractivity contribution in [2.24, 2.45) is 0 Å². The fourth-order valence-electron chi connectivity index (χ4n) is 2.63. The van der Waals surface area contributed by atoms with Crippen LogP contribution in [0.5, 0.6) is 0 Å². The maximum atomic E-state index is 13.0. The molecule has 0 aliphatic carbocycles. The largest absolute Gasteiger partial charge is 0.309 e. The lowest BCUT2D eigenvalue weighted by Gasteiger charge is -2.15. The predicted molar refractivity (Wildman–Crippen MR) is 94.3 cm³/mol. The number of para-hydroxylation sites is 1. The smallest absolute Gasteiger partial charge is 0.265 e. The van der Waals surface area contributed by atoms with E-state index in [1.54, 1.807) is 4.57 Å². The Morgan fingerprint density at radius 1 is 1.04 bits per heavy atom. The van der Waals surface area contributed by atoms with Crippen LogP contribution in [0.4, 0.5) is 0 Å². The van der Waals surface area contributed by atoms with Crippen molar-refractivity contribution in [2.45, 2.75) is 13.3 Å². The monoisotopic (exact) mass is 307 g/mol. The Balaban J connectivity index is 2.23. The van der Waals surface area contributed by atoms with Crippen molar-refractivity contribution in [1.29, 1.82) is 0 Å². The molecule has 4 nitrogen and oxygen atoms in total. The molecule has 0 amide bonds. The van der Waals surface area contributed by atoms with E-state index in [4.69, 9.17) is 4.98 Å². The number of likely N-dealkylation sites (N-methyl/N-ethyl adjacent to an activating group) is 1. The van der Waals surface area contributed by atoms with Gasteiger partial charge < -0.3 is 4.90 Å². The highest BCUT2D eigenvalue weighted by molar-refractivity contribution is 5.77. The molecule has 0 N–H and O–H groups in total. The predicted octanol–water partition coefficient (Wildman–Crippen LogP) is 2.80. The van der Waals surface area contributed by atoms with Crippen molar-refractivity contribution in [1.82, 2.24) is 14.5 Å². The topological polar surface area (TPSA) is 38.1 Å². The molecule has 0 aliphatic heterocycles. The van der Waals surface area contributed by atoms with Crippen molar-refractivity contribution in [2.75, 3.05) is 20.6 Å². The van der Waals surface area contributed by atoms with Crippen LogP contribution in [0, 0.1) is 6.92 Å². The molecule has 1 heterocycles. The maximum Gasteiger partial charge on any atom is 0.265 e. The van der Waals surface area contributed by atoms with E-state index in [2.05, 4.69) is 4.90 Å². The number of fused-ring (bicyclic) bond motifs is 1. The molecule has 1 aromatic heterocycles. The minimum atomic E-state index is -0.00629. The van der Waals surface area contributed by atoms with Gasteiger partial charge in [-0.1, -0.05) is 29.8 Å². The lowest BCUT2D eigenvalue weighted by Crippen LogP contribution is -2.26. The summed E-state index contributed by atoms with van der Waals surface area (Å²) in [6.45, 7) is 2.88. The van der Waals surface area contributed by atoms with E-state index in [1.807, 2.05) is 69.6 Å². The van der Waals surface area contributed by atoms with Crippen LogP contribution < -0.4 is 5.56 Å². The van der Waals surface area contributed by atoms with Gasteiger partial charge in [0.15, 0.2) is 0 Å². The number of nitrogens with zero attached hydrogens (tertiary/aromatic N) is 3. The van der Waals surface area contributed by atoms with Crippen LogP contribution in [-0.2, 0) is 6.42 Å². The summed E-state index contributed by atoms with van der Waals surface area (Å²) in [6.07, 6.45) is 0.723. The van der Waals surface area contributed by atoms with Crippen LogP contribution in [0.3, 0.4) is 0 Å². The Hall–Kier alpha value is -2.46. The van der Waals surface area contributed by atoms with E-state index in [1.165, 1.54) is 5.56 Å². The van der Waals surface area contributed by atoms with Gasteiger partial charge in [0.2, 0.25) is 0 Å². The number of benzene rings is 2. The summed E-state index contributed by atoms with van der Waals surface area (Å²) in [5, 5.41) is 0.654. The lowest BCUT2D eigenvalue weighted by atomic mass is 10.2.